The Hall–Kier alpha value is -2.93. The monoisotopic (exact) mass is 414 g/mol. The summed E-state index contributed by atoms with van der Waals surface area (Å²) in [6, 6.07) is 8.65. The SMILES string of the molecule is Cc1sccc1-c1ccnc2c1C(NC(=O)Cc1ccc(C(F)(F)F)cc1)=CC2. The zero-order chi connectivity index (χ0) is 20.6. The van der Waals surface area contributed by atoms with Crippen LogP contribution in [0.15, 0.2) is 54.1 Å². The molecular weight excluding hydrogens is 397 g/mol. The third kappa shape index (κ3) is 3.96. The van der Waals surface area contributed by atoms with Gasteiger partial charge in [0.2, 0.25) is 5.91 Å². The molecule has 148 valence electrons. The first-order valence-electron chi connectivity index (χ1n) is 9.02. The van der Waals surface area contributed by atoms with E-state index >= 15 is 0 Å². The van der Waals surface area contributed by atoms with Gasteiger partial charge in [-0.3, -0.25) is 9.78 Å². The molecule has 29 heavy (non-hydrogen) atoms. The summed E-state index contributed by atoms with van der Waals surface area (Å²) in [4.78, 5) is 18.1. The smallest absolute Gasteiger partial charge is 0.325 e. The fourth-order valence-electron chi connectivity index (χ4n) is 3.45. The van der Waals surface area contributed by atoms with Gasteiger partial charge in [-0.05, 0) is 53.3 Å². The van der Waals surface area contributed by atoms with E-state index in [1.165, 1.54) is 17.0 Å². The van der Waals surface area contributed by atoms with Crippen molar-refractivity contribution in [3.05, 3.63) is 81.3 Å². The molecule has 0 fully saturated rings. The molecule has 2 heterocycles. The van der Waals surface area contributed by atoms with Crippen molar-refractivity contribution in [1.29, 1.82) is 0 Å². The number of pyridine rings is 1. The third-order valence-corrected chi connectivity index (χ3v) is 5.71. The van der Waals surface area contributed by atoms with Crippen LogP contribution in [0.3, 0.4) is 0 Å². The molecule has 3 nitrogen and oxygen atoms in total. The Balaban J connectivity index is 1.53. The lowest BCUT2D eigenvalue weighted by Crippen LogP contribution is -2.23. The predicted molar refractivity (Wildman–Crippen MR) is 107 cm³/mol. The molecule has 0 spiro atoms. The summed E-state index contributed by atoms with van der Waals surface area (Å²) in [7, 11) is 0. The second-order valence-corrected chi connectivity index (χ2v) is 7.93. The Labute approximate surface area is 169 Å². The van der Waals surface area contributed by atoms with E-state index in [2.05, 4.69) is 16.4 Å². The summed E-state index contributed by atoms with van der Waals surface area (Å²) in [5.74, 6) is -0.277. The van der Waals surface area contributed by atoms with Crippen LogP contribution in [0.1, 0.15) is 27.3 Å². The van der Waals surface area contributed by atoms with E-state index in [0.29, 0.717) is 17.7 Å². The Morgan fingerprint density at radius 3 is 2.55 bits per heavy atom. The largest absolute Gasteiger partial charge is 0.416 e. The highest BCUT2D eigenvalue weighted by Gasteiger charge is 2.30. The Bertz CT molecular complexity index is 1100. The first kappa shape index (κ1) is 19.4. The number of nitrogens with one attached hydrogen (secondary N) is 1. The van der Waals surface area contributed by atoms with Crippen molar-refractivity contribution in [2.45, 2.75) is 25.9 Å². The maximum atomic E-state index is 12.7. The number of nitrogens with zero attached hydrogens (tertiary/aromatic N) is 1. The number of rotatable bonds is 4. The summed E-state index contributed by atoms with van der Waals surface area (Å²) in [5, 5.41) is 4.94. The van der Waals surface area contributed by atoms with Gasteiger partial charge in [0, 0.05) is 28.8 Å². The molecule has 4 rings (SSSR count). The van der Waals surface area contributed by atoms with Crippen molar-refractivity contribution in [2.75, 3.05) is 0 Å². The number of aryl methyl sites for hydroxylation is 1. The number of fused-ring (bicyclic) bond motifs is 1. The van der Waals surface area contributed by atoms with Crippen LogP contribution in [0.2, 0.25) is 0 Å². The second-order valence-electron chi connectivity index (χ2n) is 6.81. The second kappa shape index (κ2) is 7.48. The van der Waals surface area contributed by atoms with Gasteiger partial charge in [0.05, 0.1) is 17.7 Å². The number of allylic oxidation sites excluding steroid dienone is 1. The standard InChI is InChI=1S/C22H17F3N2OS/c1-13-16(9-11-29-13)17-8-10-26-18-6-7-19(21(17)18)27-20(28)12-14-2-4-15(5-3-14)22(23,24)25/h2-5,7-11H,6,12H2,1H3,(H,27,28). The minimum atomic E-state index is -4.39. The highest BCUT2D eigenvalue weighted by molar-refractivity contribution is 7.10. The van der Waals surface area contributed by atoms with E-state index in [4.69, 9.17) is 0 Å². The van der Waals surface area contributed by atoms with Crippen LogP contribution < -0.4 is 5.32 Å². The molecule has 1 amide bonds. The third-order valence-electron chi connectivity index (χ3n) is 4.87. The molecule has 0 radical (unpaired) electrons. The Kier molecular flexibility index (Phi) is 5.00. The van der Waals surface area contributed by atoms with Crippen molar-refractivity contribution < 1.29 is 18.0 Å². The molecule has 0 saturated carbocycles. The number of amides is 1. The van der Waals surface area contributed by atoms with Crippen LogP contribution in [-0.2, 0) is 23.8 Å². The number of carbonyl (C=O) groups is 1. The van der Waals surface area contributed by atoms with E-state index in [-0.39, 0.29) is 12.3 Å². The Morgan fingerprint density at radius 2 is 1.90 bits per heavy atom. The molecule has 0 unspecified atom stereocenters. The molecule has 0 saturated heterocycles. The molecule has 1 aliphatic rings. The highest BCUT2D eigenvalue weighted by atomic mass is 32.1. The maximum Gasteiger partial charge on any atom is 0.416 e. The van der Waals surface area contributed by atoms with Crippen LogP contribution in [-0.4, -0.2) is 10.9 Å². The number of alkyl halides is 3. The van der Waals surface area contributed by atoms with E-state index < -0.39 is 11.7 Å². The topological polar surface area (TPSA) is 42.0 Å². The fourth-order valence-corrected chi connectivity index (χ4v) is 4.17. The summed E-state index contributed by atoms with van der Waals surface area (Å²) in [6.07, 6.45) is -0.0674. The van der Waals surface area contributed by atoms with Crippen molar-refractivity contribution >= 4 is 22.9 Å². The van der Waals surface area contributed by atoms with Gasteiger partial charge in [0.1, 0.15) is 0 Å². The molecule has 2 aromatic heterocycles. The molecular formula is C22H17F3N2OS. The lowest BCUT2D eigenvalue weighted by molar-refractivity contribution is -0.137. The van der Waals surface area contributed by atoms with Crippen molar-refractivity contribution in [3.8, 4) is 11.1 Å². The molecule has 7 heteroatoms. The van der Waals surface area contributed by atoms with Crippen molar-refractivity contribution in [1.82, 2.24) is 10.3 Å². The summed E-state index contributed by atoms with van der Waals surface area (Å²) in [5.41, 5.74) is 4.44. The summed E-state index contributed by atoms with van der Waals surface area (Å²) >= 11 is 1.66. The predicted octanol–water partition coefficient (Wildman–Crippen LogP) is 5.39. The molecule has 1 aromatic carbocycles. The number of benzene rings is 1. The normalized spacial score (nSPS) is 13.2. The van der Waals surface area contributed by atoms with Gasteiger partial charge >= 0.3 is 6.18 Å². The summed E-state index contributed by atoms with van der Waals surface area (Å²) in [6.45, 7) is 2.05. The molecule has 1 N–H and O–H groups in total. The quantitative estimate of drug-likeness (QED) is 0.622. The van der Waals surface area contributed by atoms with E-state index in [1.54, 1.807) is 17.5 Å². The average molecular weight is 414 g/mol. The van der Waals surface area contributed by atoms with Gasteiger partial charge < -0.3 is 5.32 Å². The first-order valence-corrected chi connectivity index (χ1v) is 9.90. The first-order chi connectivity index (χ1) is 13.8. The van der Waals surface area contributed by atoms with Crippen LogP contribution in [0, 0.1) is 6.92 Å². The lowest BCUT2D eigenvalue weighted by atomic mass is 9.99. The van der Waals surface area contributed by atoms with Gasteiger partial charge in [-0.2, -0.15) is 13.2 Å². The molecule has 3 aromatic rings. The molecule has 1 aliphatic carbocycles. The van der Waals surface area contributed by atoms with Gasteiger partial charge in [0.15, 0.2) is 0 Å². The Morgan fingerprint density at radius 1 is 1.14 bits per heavy atom. The lowest BCUT2D eigenvalue weighted by Gasteiger charge is -2.13. The van der Waals surface area contributed by atoms with Crippen molar-refractivity contribution in [3.63, 3.8) is 0 Å². The van der Waals surface area contributed by atoms with Gasteiger partial charge in [-0.1, -0.05) is 18.2 Å². The van der Waals surface area contributed by atoms with E-state index in [1.807, 2.05) is 24.4 Å². The number of carbonyl (C=O) groups excluding carboxylic acids is 1. The zero-order valence-corrected chi connectivity index (χ0v) is 16.3. The molecule has 0 atom stereocenters. The van der Waals surface area contributed by atoms with Crippen LogP contribution in [0.5, 0.6) is 0 Å². The molecule has 0 bridgehead atoms. The minimum absolute atomic E-state index is 0.00210. The fraction of sp³-hybridized carbons (Fsp3) is 0.182. The number of hydrogen-bond donors (Lipinski definition) is 1. The highest BCUT2D eigenvalue weighted by Crippen LogP contribution is 2.37. The van der Waals surface area contributed by atoms with Crippen LogP contribution in [0.25, 0.3) is 16.8 Å². The van der Waals surface area contributed by atoms with E-state index in [0.717, 1.165) is 34.5 Å². The van der Waals surface area contributed by atoms with Crippen molar-refractivity contribution in [2.24, 2.45) is 0 Å². The maximum absolute atomic E-state index is 12.7. The minimum Gasteiger partial charge on any atom is -0.325 e. The van der Waals surface area contributed by atoms with Crippen LogP contribution in [0.4, 0.5) is 13.2 Å². The van der Waals surface area contributed by atoms with E-state index in [9.17, 15) is 18.0 Å². The number of halogens is 3. The molecule has 0 aliphatic heterocycles. The van der Waals surface area contributed by atoms with Gasteiger partial charge in [0.25, 0.3) is 0 Å². The summed E-state index contributed by atoms with van der Waals surface area (Å²) < 4.78 is 38.1. The van der Waals surface area contributed by atoms with Crippen LogP contribution >= 0.6 is 11.3 Å². The number of hydrogen-bond acceptors (Lipinski definition) is 3. The number of aromatic nitrogens is 1. The number of thiophene rings is 1. The van der Waals surface area contributed by atoms with Gasteiger partial charge in [-0.25, -0.2) is 0 Å². The average Bonchev–Trinajstić information content (AvgIpc) is 3.28. The van der Waals surface area contributed by atoms with Gasteiger partial charge in [-0.15, -0.1) is 11.3 Å². The zero-order valence-electron chi connectivity index (χ0n) is 15.5.